The fourth-order valence-corrected chi connectivity index (χ4v) is 3.30. The zero-order chi connectivity index (χ0) is 17.3. The van der Waals surface area contributed by atoms with Crippen molar-refractivity contribution in [2.75, 3.05) is 13.6 Å². The quantitative estimate of drug-likeness (QED) is 0.746. The van der Waals surface area contributed by atoms with Crippen LogP contribution in [0, 0.1) is 6.92 Å². The topological polar surface area (TPSA) is 71.8 Å². The number of pyridine rings is 1. The van der Waals surface area contributed by atoms with Gasteiger partial charge in [-0.05, 0) is 38.4 Å². The van der Waals surface area contributed by atoms with Crippen molar-refractivity contribution in [2.45, 2.75) is 19.9 Å². The second-order valence-corrected chi connectivity index (χ2v) is 6.79. The van der Waals surface area contributed by atoms with Crippen molar-refractivity contribution in [1.82, 2.24) is 25.4 Å². The molecule has 0 fully saturated rings. The van der Waals surface area contributed by atoms with E-state index >= 15 is 0 Å². The van der Waals surface area contributed by atoms with E-state index in [0.717, 1.165) is 27.3 Å². The van der Waals surface area contributed by atoms with E-state index in [0.29, 0.717) is 12.1 Å². The van der Waals surface area contributed by atoms with Crippen molar-refractivity contribution >= 4 is 28.3 Å². The molecule has 3 rings (SSSR count). The number of fused-ring (bicyclic) bond motifs is 1. The standard InChI is InChI=1S/C17H21N5OS/c1-10(18-3)9-19-17(23)12-8-13(14-6-5-7-24-14)20-16-15(12)11(2)21-22(16)4/h5-8,10,18H,9H2,1-4H3,(H,19,23). The van der Waals surface area contributed by atoms with E-state index in [1.165, 1.54) is 0 Å². The van der Waals surface area contributed by atoms with Crippen LogP contribution >= 0.6 is 11.3 Å². The molecule has 0 aliphatic rings. The number of likely N-dealkylation sites (N-methyl/N-ethyl adjacent to an activating group) is 1. The molecular formula is C17H21N5OS. The molecular weight excluding hydrogens is 322 g/mol. The van der Waals surface area contributed by atoms with Gasteiger partial charge in [0.25, 0.3) is 5.91 Å². The highest BCUT2D eigenvalue weighted by Crippen LogP contribution is 2.29. The fourth-order valence-electron chi connectivity index (χ4n) is 2.62. The van der Waals surface area contributed by atoms with Gasteiger partial charge in [0.05, 0.1) is 27.2 Å². The summed E-state index contributed by atoms with van der Waals surface area (Å²) >= 11 is 1.61. The second kappa shape index (κ2) is 6.70. The summed E-state index contributed by atoms with van der Waals surface area (Å²) in [4.78, 5) is 18.5. The molecule has 0 radical (unpaired) electrons. The minimum Gasteiger partial charge on any atom is -0.350 e. The lowest BCUT2D eigenvalue weighted by Crippen LogP contribution is -2.37. The minimum absolute atomic E-state index is 0.0987. The zero-order valence-electron chi connectivity index (χ0n) is 14.3. The molecule has 3 aromatic heterocycles. The molecule has 0 bridgehead atoms. The van der Waals surface area contributed by atoms with E-state index in [2.05, 4.69) is 15.7 Å². The van der Waals surface area contributed by atoms with E-state index in [1.54, 1.807) is 16.0 Å². The SMILES string of the molecule is CNC(C)CNC(=O)c1cc(-c2cccs2)nc2c1c(C)nn2C. The summed E-state index contributed by atoms with van der Waals surface area (Å²) in [6, 6.07) is 6.06. The average molecular weight is 343 g/mol. The zero-order valence-corrected chi connectivity index (χ0v) is 15.1. The first-order valence-corrected chi connectivity index (χ1v) is 8.73. The predicted octanol–water partition coefficient (Wildman–Crippen LogP) is 2.34. The Labute approximate surface area is 144 Å². The van der Waals surface area contributed by atoms with Crippen LogP contribution in [-0.2, 0) is 7.05 Å². The molecule has 3 aromatic rings. The summed E-state index contributed by atoms with van der Waals surface area (Å²) < 4.78 is 1.73. The molecule has 1 unspecified atom stereocenters. The Kier molecular flexibility index (Phi) is 4.64. The Bertz CT molecular complexity index is 869. The predicted molar refractivity (Wildman–Crippen MR) is 97.4 cm³/mol. The molecule has 0 aliphatic heterocycles. The molecule has 0 spiro atoms. The van der Waals surface area contributed by atoms with Crippen molar-refractivity contribution in [2.24, 2.45) is 7.05 Å². The highest BCUT2D eigenvalue weighted by atomic mass is 32.1. The first kappa shape index (κ1) is 16.6. The van der Waals surface area contributed by atoms with Crippen molar-refractivity contribution in [3.63, 3.8) is 0 Å². The Hall–Kier alpha value is -2.25. The van der Waals surface area contributed by atoms with Crippen LogP contribution in [0.25, 0.3) is 21.6 Å². The summed E-state index contributed by atoms with van der Waals surface area (Å²) in [6.07, 6.45) is 0. The number of hydrogen-bond donors (Lipinski definition) is 2. The van der Waals surface area contributed by atoms with Gasteiger partial charge in [0.15, 0.2) is 5.65 Å². The largest absolute Gasteiger partial charge is 0.350 e. The summed E-state index contributed by atoms with van der Waals surface area (Å²) in [5, 5.41) is 13.4. The summed E-state index contributed by atoms with van der Waals surface area (Å²) in [5.41, 5.74) is 2.96. The maximum absolute atomic E-state index is 12.8. The van der Waals surface area contributed by atoms with Gasteiger partial charge >= 0.3 is 0 Å². The Morgan fingerprint density at radius 1 is 1.46 bits per heavy atom. The van der Waals surface area contributed by atoms with Crippen LogP contribution in [0.2, 0.25) is 0 Å². The monoisotopic (exact) mass is 343 g/mol. The molecule has 3 heterocycles. The third-order valence-corrected chi connectivity index (χ3v) is 4.94. The van der Waals surface area contributed by atoms with Gasteiger partial charge in [-0.3, -0.25) is 9.48 Å². The third-order valence-electron chi connectivity index (χ3n) is 4.05. The Balaban J connectivity index is 2.09. The molecule has 0 saturated heterocycles. The number of hydrogen-bond acceptors (Lipinski definition) is 5. The average Bonchev–Trinajstić information content (AvgIpc) is 3.20. The third kappa shape index (κ3) is 3.05. The van der Waals surface area contributed by atoms with Crippen LogP contribution < -0.4 is 10.6 Å². The van der Waals surface area contributed by atoms with Gasteiger partial charge in [-0.15, -0.1) is 11.3 Å². The second-order valence-electron chi connectivity index (χ2n) is 5.84. The number of amides is 1. The molecule has 2 N–H and O–H groups in total. The molecule has 0 aromatic carbocycles. The fraction of sp³-hybridized carbons (Fsp3) is 0.353. The van der Waals surface area contributed by atoms with Crippen molar-refractivity contribution in [3.8, 4) is 10.6 Å². The Morgan fingerprint density at radius 3 is 2.92 bits per heavy atom. The normalized spacial score (nSPS) is 12.5. The van der Waals surface area contributed by atoms with E-state index < -0.39 is 0 Å². The van der Waals surface area contributed by atoms with Gasteiger partial charge in [-0.1, -0.05) is 6.07 Å². The smallest absolute Gasteiger partial charge is 0.252 e. The van der Waals surface area contributed by atoms with Gasteiger partial charge in [0.2, 0.25) is 0 Å². The minimum atomic E-state index is -0.0987. The lowest BCUT2D eigenvalue weighted by Gasteiger charge is -2.12. The number of aromatic nitrogens is 3. The molecule has 126 valence electrons. The van der Waals surface area contributed by atoms with E-state index in [-0.39, 0.29) is 11.9 Å². The molecule has 0 saturated carbocycles. The van der Waals surface area contributed by atoms with Crippen LogP contribution in [0.15, 0.2) is 23.6 Å². The van der Waals surface area contributed by atoms with Gasteiger partial charge in [0.1, 0.15) is 0 Å². The van der Waals surface area contributed by atoms with E-state index in [9.17, 15) is 4.79 Å². The van der Waals surface area contributed by atoms with Crippen molar-refractivity contribution in [1.29, 1.82) is 0 Å². The van der Waals surface area contributed by atoms with Crippen LogP contribution in [0.5, 0.6) is 0 Å². The summed E-state index contributed by atoms with van der Waals surface area (Å²) in [5.74, 6) is -0.0987. The first-order chi connectivity index (χ1) is 11.5. The molecule has 0 aliphatic carbocycles. The summed E-state index contributed by atoms with van der Waals surface area (Å²) in [6.45, 7) is 4.49. The lowest BCUT2D eigenvalue weighted by molar-refractivity contribution is 0.0952. The van der Waals surface area contributed by atoms with Crippen LogP contribution in [-0.4, -0.2) is 40.3 Å². The number of nitrogens with zero attached hydrogens (tertiary/aromatic N) is 3. The molecule has 1 atom stereocenters. The highest BCUT2D eigenvalue weighted by molar-refractivity contribution is 7.13. The van der Waals surface area contributed by atoms with Gasteiger partial charge in [-0.25, -0.2) is 4.98 Å². The number of carbonyl (C=O) groups excluding carboxylic acids is 1. The maximum Gasteiger partial charge on any atom is 0.252 e. The molecule has 24 heavy (non-hydrogen) atoms. The van der Waals surface area contributed by atoms with E-state index in [1.807, 2.05) is 51.5 Å². The summed E-state index contributed by atoms with van der Waals surface area (Å²) in [7, 11) is 3.73. The Morgan fingerprint density at radius 2 is 2.25 bits per heavy atom. The van der Waals surface area contributed by atoms with Gasteiger partial charge in [-0.2, -0.15) is 5.10 Å². The van der Waals surface area contributed by atoms with Crippen molar-refractivity contribution < 1.29 is 4.79 Å². The van der Waals surface area contributed by atoms with Crippen LogP contribution in [0.4, 0.5) is 0 Å². The van der Waals surface area contributed by atoms with Gasteiger partial charge < -0.3 is 10.6 Å². The van der Waals surface area contributed by atoms with Crippen LogP contribution in [0.3, 0.4) is 0 Å². The number of thiophene rings is 1. The first-order valence-electron chi connectivity index (χ1n) is 7.85. The van der Waals surface area contributed by atoms with Crippen molar-refractivity contribution in [3.05, 3.63) is 34.8 Å². The number of nitrogens with one attached hydrogen (secondary N) is 2. The lowest BCUT2D eigenvalue weighted by atomic mass is 10.1. The van der Waals surface area contributed by atoms with E-state index in [4.69, 9.17) is 4.98 Å². The molecule has 6 nitrogen and oxygen atoms in total. The number of rotatable bonds is 5. The van der Waals surface area contributed by atoms with Gasteiger partial charge in [0, 0.05) is 19.6 Å². The highest BCUT2D eigenvalue weighted by Gasteiger charge is 2.19. The molecule has 1 amide bonds. The number of aryl methyl sites for hydroxylation is 2. The number of carbonyl (C=O) groups is 1. The molecule has 7 heteroatoms. The maximum atomic E-state index is 12.8. The van der Waals surface area contributed by atoms with Crippen LogP contribution in [0.1, 0.15) is 23.0 Å².